The van der Waals surface area contributed by atoms with Crippen molar-refractivity contribution in [2.75, 3.05) is 13.1 Å². The van der Waals surface area contributed by atoms with E-state index in [4.69, 9.17) is 0 Å². The number of hydrogen-bond donors (Lipinski definition) is 1. The van der Waals surface area contributed by atoms with E-state index < -0.39 is 11.6 Å². The fourth-order valence-electron chi connectivity index (χ4n) is 3.18. The Morgan fingerprint density at radius 1 is 1.30 bits per heavy atom. The van der Waals surface area contributed by atoms with E-state index in [0.29, 0.717) is 37.2 Å². The Bertz CT molecular complexity index is 801. The summed E-state index contributed by atoms with van der Waals surface area (Å²) in [6.07, 6.45) is 4.33. The van der Waals surface area contributed by atoms with E-state index in [1.54, 1.807) is 4.90 Å². The number of benzene rings is 1. The van der Waals surface area contributed by atoms with E-state index in [2.05, 4.69) is 14.1 Å². The van der Waals surface area contributed by atoms with Gasteiger partial charge in [0.25, 0.3) is 5.91 Å². The van der Waals surface area contributed by atoms with Gasteiger partial charge in [-0.3, -0.25) is 9.59 Å². The lowest BCUT2D eigenvalue weighted by Gasteiger charge is -2.32. The van der Waals surface area contributed by atoms with Gasteiger partial charge in [-0.25, -0.2) is 8.78 Å². The molecule has 2 aromatic rings. The summed E-state index contributed by atoms with van der Waals surface area (Å²) in [4.78, 5) is 26.2. The Morgan fingerprint density at radius 3 is 2.89 bits per heavy atom. The van der Waals surface area contributed by atoms with Crippen LogP contribution < -0.4 is 5.32 Å². The number of carbonyl (C=O) groups is 2. The molecule has 6 nitrogen and oxygen atoms in total. The van der Waals surface area contributed by atoms with Crippen LogP contribution in [0.1, 0.15) is 41.7 Å². The van der Waals surface area contributed by atoms with Crippen molar-refractivity contribution in [3.8, 4) is 0 Å². The average Bonchev–Trinajstić information content (AvgIpc) is 3.21. The van der Waals surface area contributed by atoms with Crippen LogP contribution >= 0.6 is 11.7 Å². The van der Waals surface area contributed by atoms with Crippen molar-refractivity contribution < 1.29 is 18.4 Å². The second kappa shape index (κ2) is 8.98. The van der Waals surface area contributed by atoms with E-state index in [-0.39, 0.29) is 24.3 Å². The van der Waals surface area contributed by atoms with Crippen molar-refractivity contribution in [3.05, 3.63) is 47.3 Å². The van der Waals surface area contributed by atoms with Crippen LogP contribution in [0.3, 0.4) is 0 Å². The number of rotatable bonds is 6. The summed E-state index contributed by atoms with van der Waals surface area (Å²) in [6.45, 7) is 1.45. The van der Waals surface area contributed by atoms with E-state index >= 15 is 0 Å². The Kier molecular flexibility index (Phi) is 6.44. The van der Waals surface area contributed by atoms with Crippen LogP contribution in [-0.4, -0.2) is 38.6 Å². The molecule has 1 saturated heterocycles. The van der Waals surface area contributed by atoms with Crippen LogP contribution in [0.15, 0.2) is 24.4 Å². The van der Waals surface area contributed by atoms with Gasteiger partial charge in [0.2, 0.25) is 5.91 Å². The Hall–Kier alpha value is -2.42. The number of halogens is 2. The molecule has 144 valence electrons. The lowest BCUT2D eigenvalue weighted by atomic mass is 9.93. The highest BCUT2D eigenvalue weighted by molar-refractivity contribution is 6.99. The van der Waals surface area contributed by atoms with Crippen molar-refractivity contribution >= 4 is 23.5 Å². The third-order valence-corrected chi connectivity index (χ3v) is 5.12. The summed E-state index contributed by atoms with van der Waals surface area (Å²) >= 11 is 1.01. The lowest BCUT2D eigenvalue weighted by Crippen LogP contribution is -2.40. The van der Waals surface area contributed by atoms with Gasteiger partial charge in [0.15, 0.2) is 17.3 Å². The molecule has 3 rings (SSSR count). The molecule has 0 spiro atoms. The maximum atomic E-state index is 13.2. The molecular formula is C18H20F2N4O2S. The van der Waals surface area contributed by atoms with Crippen molar-refractivity contribution in [1.29, 1.82) is 0 Å². The molecule has 0 saturated carbocycles. The summed E-state index contributed by atoms with van der Waals surface area (Å²) in [5, 5.41) is 2.72. The number of carbonyl (C=O) groups excluding carboxylic acids is 2. The fraction of sp³-hybridized carbons (Fsp3) is 0.444. The minimum atomic E-state index is -0.927. The molecule has 0 radical (unpaired) electrons. The van der Waals surface area contributed by atoms with E-state index in [1.165, 1.54) is 12.3 Å². The largest absolute Gasteiger partial charge is 0.352 e. The zero-order valence-electron chi connectivity index (χ0n) is 14.7. The maximum absolute atomic E-state index is 13.2. The molecule has 1 aliphatic heterocycles. The van der Waals surface area contributed by atoms with Crippen LogP contribution in [0, 0.1) is 17.6 Å². The maximum Gasteiger partial charge on any atom is 0.275 e. The Morgan fingerprint density at radius 2 is 2.15 bits per heavy atom. The van der Waals surface area contributed by atoms with Crippen molar-refractivity contribution in [2.45, 2.75) is 32.2 Å². The molecule has 1 aromatic carbocycles. The molecule has 1 fully saturated rings. The van der Waals surface area contributed by atoms with E-state index in [1.807, 2.05) is 0 Å². The molecule has 1 atom stereocenters. The molecular weight excluding hydrogens is 374 g/mol. The third kappa shape index (κ3) is 5.29. The second-order valence-corrected chi connectivity index (χ2v) is 7.17. The molecule has 1 N–H and O–H groups in total. The van der Waals surface area contributed by atoms with Crippen molar-refractivity contribution in [2.24, 2.45) is 5.92 Å². The summed E-state index contributed by atoms with van der Waals surface area (Å²) in [7, 11) is 0. The first-order chi connectivity index (χ1) is 13.0. The Balaban J connectivity index is 1.43. The predicted molar refractivity (Wildman–Crippen MR) is 96.0 cm³/mol. The SMILES string of the molecule is O=C(CCC1CCCN(C(=O)c2cnsn2)C1)NCc1ccc(F)c(F)c1. The molecule has 0 aliphatic carbocycles. The number of hydrogen-bond acceptors (Lipinski definition) is 5. The number of nitrogens with zero attached hydrogens (tertiary/aromatic N) is 3. The van der Waals surface area contributed by atoms with Crippen molar-refractivity contribution in [3.63, 3.8) is 0 Å². The minimum absolute atomic E-state index is 0.115. The quantitative estimate of drug-likeness (QED) is 0.818. The molecule has 1 aromatic heterocycles. The number of piperidine rings is 1. The van der Waals surface area contributed by atoms with Gasteiger partial charge < -0.3 is 10.2 Å². The van der Waals surface area contributed by atoms with Crippen molar-refractivity contribution in [1.82, 2.24) is 19.0 Å². The average molecular weight is 394 g/mol. The van der Waals surface area contributed by atoms with Crippen LogP contribution in [0.25, 0.3) is 0 Å². The van der Waals surface area contributed by atoms with Gasteiger partial charge in [-0.2, -0.15) is 8.75 Å². The first-order valence-electron chi connectivity index (χ1n) is 8.80. The van der Waals surface area contributed by atoms with Crippen LogP contribution in [0.2, 0.25) is 0 Å². The highest BCUT2D eigenvalue weighted by atomic mass is 32.1. The van der Waals surface area contributed by atoms with Crippen LogP contribution in [0.4, 0.5) is 8.78 Å². The second-order valence-electron chi connectivity index (χ2n) is 6.62. The monoisotopic (exact) mass is 394 g/mol. The number of nitrogens with one attached hydrogen (secondary N) is 1. The van der Waals surface area contributed by atoms with Gasteiger partial charge in [0, 0.05) is 26.1 Å². The predicted octanol–water partition coefficient (Wildman–Crippen LogP) is 2.77. The molecule has 9 heteroatoms. The lowest BCUT2D eigenvalue weighted by molar-refractivity contribution is -0.121. The molecule has 2 heterocycles. The fourth-order valence-corrected chi connectivity index (χ4v) is 3.59. The third-order valence-electron chi connectivity index (χ3n) is 4.64. The van der Waals surface area contributed by atoms with Gasteiger partial charge in [0.05, 0.1) is 17.9 Å². The summed E-state index contributed by atoms with van der Waals surface area (Å²) in [5.41, 5.74) is 0.874. The smallest absolute Gasteiger partial charge is 0.275 e. The van der Waals surface area contributed by atoms with E-state index in [9.17, 15) is 18.4 Å². The van der Waals surface area contributed by atoms with Gasteiger partial charge in [-0.15, -0.1) is 0 Å². The summed E-state index contributed by atoms with van der Waals surface area (Å²) in [5.74, 6) is -1.84. The minimum Gasteiger partial charge on any atom is -0.352 e. The number of amides is 2. The zero-order valence-corrected chi connectivity index (χ0v) is 15.5. The summed E-state index contributed by atoms with van der Waals surface area (Å²) in [6, 6.07) is 3.56. The van der Waals surface area contributed by atoms with E-state index in [0.717, 1.165) is 36.7 Å². The standard InChI is InChI=1S/C18H20F2N4O2S/c19-14-5-3-13(8-15(14)20)9-21-17(25)6-4-12-2-1-7-24(11-12)18(26)16-10-22-27-23-16/h3,5,8,10,12H,1-2,4,6-7,9,11H2,(H,21,25). The first-order valence-corrected chi connectivity index (χ1v) is 9.53. The normalized spacial score (nSPS) is 17.0. The summed E-state index contributed by atoms with van der Waals surface area (Å²) < 4.78 is 33.9. The molecule has 0 bridgehead atoms. The molecule has 2 amide bonds. The van der Waals surface area contributed by atoms with Gasteiger partial charge >= 0.3 is 0 Å². The Labute approximate surface area is 159 Å². The first kappa shape index (κ1) is 19.3. The van der Waals surface area contributed by atoms with Gasteiger partial charge in [-0.05, 0) is 42.9 Å². The highest BCUT2D eigenvalue weighted by Crippen LogP contribution is 2.22. The van der Waals surface area contributed by atoms with Crippen LogP contribution in [0.5, 0.6) is 0 Å². The number of aromatic nitrogens is 2. The molecule has 27 heavy (non-hydrogen) atoms. The molecule has 1 aliphatic rings. The van der Waals surface area contributed by atoms with Crippen LogP contribution in [-0.2, 0) is 11.3 Å². The van der Waals surface area contributed by atoms with Gasteiger partial charge in [0.1, 0.15) is 0 Å². The van der Waals surface area contributed by atoms with Gasteiger partial charge in [-0.1, -0.05) is 6.07 Å². The zero-order chi connectivity index (χ0) is 19.2. The highest BCUT2D eigenvalue weighted by Gasteiger charge is 2.26. The molecule has 1 unspecified atom stereocenters. The topological polar surface area (TPSA) is 75.2 Å². The number of likely N-dealkylation sites (tertiary alicyclic amines) is 1.